The van der Waals surface area contributed by atoms with Crippen molar-refractivity contribution in [1.82, 2.24) is 0 Å². The van der Waals surface area contributed by atoms with Gasteiger partial charge in [0, 0.05) is 5.56 Å². The van der Waals surface area contributed by atoms with E-state index in [1.807, 2.05) is 61.5 Å². The second kappa shape index (κ2) is 7.56. The summed E-state index contributed by atoms with van der Waals surface area (Å²) in [6, 6.07) is 17.6. The van der Waals surface area contributed by atoms with Gasteiger partial charge >= 0.3 is 0 Å². The van der Waals surface area contributed by atoms with Crippen molar-refractivity contribution >= 4 is 5.78 Å². The maximum absolute atomic E-state index is 13.0. The summed E-state index contributed by atoms with van der Waals surface area (Å²) in [6.07, 6.45) is 5.50. The summed E-state index contributed by atoms with van der Waals surface area (Å²) < 4.78 is 6.27. The highest BCUT2D eigenvalue weighted by Crippen LogP contribution is 2.29. The number of benzene rings is 2. The van der Waals surface area contributed by atoms with Crippen molar-refractivity contribution in [2.24, 2.45) is 0 Å². The van der Waals surface area contributed by atoms with E-state index in [0.29, 0.717) is 0 Å². The van der Waals surface area contributed by atoms with Crippen molar-refractivity contribution in [2.75, 3.05) is 0 Å². The molecule has 0 aliphatic heterocycles. The summed E-state index contributed by atoms with van der Waals surface area (Å²) in [6.45, 7) is 2.03. The van der Waals surface area contributed by atoms with Crippen molar-refractivity contribution < 1.29 is 9.53 Å². The van der Waals surface area contributed by atoms with Crippen LogP contribution in [0.3, 0.4) is 0 Å². The molecule has 0 heterocycles. The fourth-order valence-electron chi connectivity index (χ4n) is 3.18. The summed E-state index contributed by atoms with van der Waals surface area (Å²) in [5.74, 6) is 0.0572. The Hall–Kier alpha value is -1.93. The van der Waals surface area contributed by atoms with Crippen LogP contribution in [0.1, 0.15) is 59.7 Å². The van der Waals surface area contributed by atoms with Crippen LogP contribution in [-0.2, 0) is 4.74 Å². The van der Waals surface area contributed by atoms with Crippen LogP contribution in [0.15, 0.2) is 54.6 Å². The van der Waals surface area contributed by atoms with Gasteiger partial charge in [0.2, 0.25) is 0 Å². The Morgan fingerprint density at radius 1 is 0.957 bits per heavy atom. The van der Waals surface area contributed by atoms with Gasteiger partial charge in [0.05, 0.1) is 6.10 Å². The Kier molecular flexibility index (Phi) is 5.24. The Labute approximate surface area is 138 Å². The predicted octanol–water partition coefficient (Wildman–Crippen LogP) is 5.27. The van der Waals surface area contributed by atoms with E-state index in [4.69, 9.17) is 4.74 Å². The highest BCUT2D eigenvalue weighted by molar-refractivity contribution is 6.00. The number of ketones is 1. The molecule has 1 aliphatic rings. The first-order valence-corrected chi connectivity index (χ1v) is 8.55. The third-order valence-corrected chi connectivity index (χ3v) is 4.56. The molecule has 0 unspecified atom stereocenters. The quantitative estimate of drug-likeness (QED) is 0.703. The van der Waals surface area contributed by atoms with Gasteiger partial charge in [-0.15, -0.1) is 0 Å². The predicted molar refractivity (Wildman–Crippen MR) is 92.7 cm³/mol. The van der Waals surface area contributed by atoms with Gasteiger partial charge in [-0.25, -0.2) is 0 Å². The molecule has 3 rings (SSSR count). The molecule has 120 valence electrons. The molecule has 1 saturated carbocycles. The van der Waals surface area contributed by atoms with Crippen LogP contribution in [0.2, 0.25) is 0 Å². The van der Waals surface area contributed by atoms with Crippen LogP contribution in [0.4, 0.5) is 0 Å². The Balaban J connectivity index is 1.84. The summed E-state index contributed by atoms with van der Waals surface area (Å²) in [5.41, 5.74) is 2.83. The van der Waals surface area contributed by atoms with Gasteiger partial charge in [-0.3, -0.25) is 4.79 Å². The average molecular weight is 308 g/mol. The molecular formula is C21H24O2. The molecule has 23 heavy (non-hydrogen) atoms. The van der Waals surface area contributed by atoms with E-state index in [9.17, 15) is 4.79 Å². The summed E-state index contributed by atoms with van der Waals surface area (Å²) in [5, 5.41) is 0. The van der Waals surface area contributed by atoms with E-state index in [0.717, 1.165) is 29.5 Å². The molecule has 1 aliphatic carbocycles. The van der Waals surface area contributed by atoms with Crippen LogP contribution >= 0.6 is 0 Å². The molecule has 0 N–H and O–H groups in total. The molecule has 1 atom stereocenters. The smallest absolute Gasteiger partial charge is 0.196 e. The van der Waals surface area contributed by atoms with Crippen LogP contribution in [0.5, 0.6) is 0 Å². The largest absolute Gasteiger partial charge is 0.362 e. The number of hydrogen-bond acceptors (Lipinski definition) is 2. The second-order valence-corrected chi connectivity index (χ2v) is 6.42. The average Bonchev–Trinajstić information content (AvgIpc) is 2.61. The lowest BCUT2D eigenvalue weighted by atomic mass is 9.95. The summed E-state index contributed by atoms with van der Waals surface area (Å²) in [7, 11) is 0. The molecule has 0 radical (unpaired) electrons. The van der Waals surface area contributed by atoms with Crippen molar-refractivity contribution in [3.8, 4) is 0 Å². The molecule has 2 aromatic rings. The topological polar surface area (TPSA) is 26.3 Å². The zero-order valence-electron chi connectivity index (χ0n) is 13.7. The van der Waals surface area contributed by atoms with Gasteiger partial charge < -0.3 is 4.74 Å². The molecule has 0 saturated heterocycles. The summed E-state index contributed by atoms with van der Waals surface area (Å²) in [4.78, 5) is 13.0. The van der Waals surface area contributed by atoms with Crippen LogP contribution in [-0.4, -0.2) is 11.9 Å². The second-order valence-electron chi connectivity index (χ2n) is 6.42. The maximum Gasteiger partial charge on any atom is 0.196 e. The van der Waals surface area contributed by atoms with Crippen LogP contribution in [0, 0.1) is 6.92 Å². The normalized spacial score (nSPS) is 16.9. The van der Waals surface area contributed by atoms with E-state index >= 15 is 0 Å². The van der Waals surface area contributed by atoms with Gasteiger partial charge in [0.1, 0.15) is 6.10 Å². The third-order valence-electron chi connectivity index (χ3n) is 4.56. The van der Waals surface area contributed by atoms with Crippen molar-refractivity contribution in [1.29, 1.82) is 0 Å². The Morgan fingerprint density at radius 2 is 1.61 bits per heavy atom. The van der Waals surface area contributed by atoms with E-state index in [1.165, 1.54) is 19.3 Å². The monoisotopic (exact) mass is 308 g/mol. The lowest BCUT2D eigenvalue weighted by Crippen LogP contribution is -2.25. The minimum absolute atomic E-state index is 0.0572. The van der Waals surface area contributed by atoms with E-state index in [-0.39, 0.29) is 11.9 Å². The number of Topliss-reactive ketones (excluding diaryl/α,β-unsaturated/α-hetero) is 1. The van der Waals surface area contributed by atoms with Gasteiger partial charge in [-0.2, -0.15) is 0 Å². The molecule has 0 aromatic heterocycles. The van der Waals surface area contributed by atoms with Crippen molar-refractivity contribution in [3.63, 3.8) is 0 Å². The lowest BCUT2D eigenvalue weighted by molar-refractivity contribution is -0.0200. The van der Waals surface area contributed by atoms with Crippen molar-refractivity contribution in [3.05, 3.63) is 71.3 Å². The molecule has 2 aromatic carbocycles. The Bertz CT molecular complexity index is 625. The van der Waals surface area contributed by atoms with Gasteiger partial charge in [-0.05, 0) is 25.3 Å². The molecule has 2 heteroatoms. The third kappa shape index (κ3) is 4.08. The van der Waals surface area contributed by atoms with E-state index < -0.39 is 6.10 Å². The molecule has 0 amide bonds. The standard InChI is InChI=1S/C21H24O2/c1-16-12-14-17(15-13-16)20(22)21(18-8-4-2-5-9-18)23-19-10-6-3-7-11-19/h2,4-5,8-9,12-15,19,21H,3,6-7,10-11H2,1H3/t21-/m0/s1. The van der Waals surface area contributed by atoms with Gasteiger partial charge in [0.15, 0.2) is 5.78 Å². The fraction of sp³-hybridized carbons (Fsp3) is 0.381. The number of aryl methyl sites for hydroxylation is 1. The van der Waals surface area contributed by atoms with E-state index in [2.05, 4.69) is 0 Å². The number of rotatable bonds is 5. The van der Waals surface area contributed by atoms with Gasteiger partial charge in [0.25, 0.3) is 0 Å². The first-order valence-electron chi connectivity index (χ1n) is 8.55. The zero-order valence-corrected chi connectivity index (χ0v) is 13.7. The molecule has 0 spiro atoms. The minimum Gasteiger partial charge on any atom is -0.362 e. The minimum atomic E-state index is -0.498. The van der Waals surface area contributed by atoms with Crippen LogP contribution < -0.4 is 0 Å². The Morgan fingerprint density at radius 3 is 2.26 bits per heavy atom. The highest BCUT2D eigenvalue weighted by Gasteiger charge is 2.27. The number of carbonyl (C=O) groups is 1. The fourth-order valence-corrected chi connectivity index (χ4v) is 3.18. The van der Waals surface area contributed by atoms with Crippen molar-refractivity contribution in [2.45, 2.75) is 51.2 Å². The SMILES string of the molecule is Cc1ccc(C(=O)[C@@H](OC2CCCCC2)c2ccccc2)cc1. The lowest BCUT2D eigenvalue weighted by Gasteiger charge is -2.27. The van der Waals surface area contributed by atoms with Gasteiger partial charge in [-0.1, -0.05) is 79.4 Å². The van der Waals surface area contributed by atoms with Crippen LogP contribution in [0.25, 0.3) is 0 Å². The first kappa shape index (κ1) is 15.9. The molecule has 0 bridgehead atoms. The number of hydrogen-bond donors (Lipinski definition) is 0. The maximum atomic E-state index is 13.0. The van der Waals surface area contributed by atoms with E-state index in [1.54, 1.807) is 0 Å². The highest BCUT2D eigenvalue weighted by atomic mass is 16.5. The number of ether oxygens (including phenoxy) is 1. The molecular weight excluding hydrogens is 284 g/mol. The molecule has 1 fully saturated rings. The number of carbonyl (C=O) groups excluding carboxylic acids is 1. The zero-order chi connectivity index (χ0) is 16.1. The molecule has 2 nitrogen and oxygen atoms in total. The summed E-state index contributed by atoms with van der Waals surface area (Å²) >= 11 is 0. The first-order chi connectivity index (χ1) is 11.2.